The molecule has 29 heavy (non-hydrogen) atoms. The van der Waals surface area contributed by atoms with Gasteiger partial charge in [-0.25, -0.2) is 4.98 Å². The number of alkyl halides is 3. The molecule has 4 rings (SSSR count). The first-order chi connectivity index (χ1) is 13.8. The molecule has 0 saturated carbocycles. The van der Waals surface area contributed by atoms with Gasteiger partial charge in [-0.1, -0.05) is 29.8 Å². The smallest absolute Gasteiger partial charge is 0.360 e. The number of rotatable bonds is 2. The zero-order valence-corrected chi connectivity index (χ0v) is 16.1. The first kappa shape index (κ1) is 19.6. The lowest BCUT2D eigenvalue weighted by atomic mass is 10.1. The van der Waals surface area contributed by atoms with Crippen molar-refractivity contribution >= 4 is 34.2 Å². The Morgan fingerprint density at radius 2 is 1.93 bits per heavy atom. The van der Waals surface area contributed by atoms with Gasteiger partial charge in [0.1, 0.15) is 5.82 Å². The average molecular weight is 423 g/mol. The number of benzene rings is 1. The molecule has 1 aliphatic rings. The van der Waals surface area contributed by atoms with Crippen LogP contribution in [0.25, 0.3) is 10.9 Å². The lowest BCUT2D eigenvalue weighted by Gasteiger charge is -2.24. The Morgan fingerprint density at radius 1 is 1.14 bits per heavy atom. The summed E-state index contributed by atoms with van der Waals surface area (Å²) in [6, 6.07) is 8.49. The van der Waals surface area contributed by atoms with E-state index in [1.54, 1.807) is 11.1 Å². The van der Waals surface area contributed by atoms with Crippen molar-refractivity contribution in [3.05, 3.63) is 58.9 Å². The van der Waals surface area contributed by atoms with Crippen LogP contribution in [0.5, 0.6) is 0 Å². The molecule has 0 atom stereocenters. The van der Waals surface area contributed by atoms with Crippen molar-refractivity contribution in [1.29, 1.82) is 0 Å². The zero-order chi connectivity index (χ0) is 20.6. The van der Waals surface area contributed by atoms with Crippen molar-refractivity contribution in [2.45, 2.75) is 12.6 Å². The first-order valence-electron chi connectivity index (χ1n) is 9.17. The van der Waals surface area contributed by atoms with E-state index in [0.717, 1.165) is 23.2 Å². The van der Waals surface area contributed by atoms with Crippen molar-refractivity contribution in [2.24, 2.45) is 0 Å². The summed E-state index contributed by atoms with van der Waals surface area (Å²) in [6.07, 6.45) is -1.32. The third-order valence-electron chi connectivity index (χ3n) is 5.05. The molecule has 1 N–H and O–H groups in total. The first-order valence-corrected chi connectivity index (χ1v) is 9.55. The van der Waals surface area contributed by atoms with E-state index < -0.39 is 11.7 Å². The molecule has 1 saturated heterocycles. The number of anilines is 1. The fourth-order valence-electron chi connectivity index (χ4n) is 3.57. The summed E-state index contributed by atoms with van der Waals surface area (Å²) < 4.78 is 38.5. The molecule has 1 amide bonds. The van der Waals surface area contributed by atoms with Crippen LogP contribution in [0.2, 0.25) is 5.02 Å². The van der Waals surface area contributed by atoms with Crippen LogP contribution < -0.4 is 4.90 Å². The molecule has 1 aromatic carbocycles. The molecule has 3 aromatic rings. The molecule has 9 heteroatoms. The quantitative estimate of drug-likeness (QED) is 0.657. The van der Waals surface area contributed by atoms with Gasteiger partial charge in [0.2, 0.25) is 0 Å². The SMILES string of the molecule is O=C(c1c[nH]c2ccccc12)N1CCCN(c2ncc(C(F)(F)F)cc2Cl)CC1. The van der Waals surface area contributed by atoms with E-state index in [0.29, 0.717) is 44.0 Å². The second-order valence-electron chi connectivity index (χ2n) is 6.91. The standard InChI is InChI=1S/C20H18ClF3N4O/c21-16-10-13(20(22,23)24)11-26-18(16)27-6-3-7-28(9-8-27)19(29)15-12-25-17-5-2-1-4-14(15)17/h1-2,4-5,10-12,25H,3,6-9H2. The molecular formula is C20H18ClF3N4O. The summed E-state index contributed by atoms with van der Waals surface area (Å²) in [5, 5.41) is 0.822. The number of aromatic nitrogens is 2. The lowest BCUT2D eigenvalue weighted by Crippen LogP contribution is -2.35. The Balaban J connectivity index is 1.50. The van der Waals surface area contributed by atoms with E-state index >= 15 is 0 Å². The Labute approximate surface area is 170 Å². The molecule has 0 unspecified atom stereocenters. The fraction of sp³-hybridized carbons (Fsp3) is 0.300. The Kier molecular flexibility index (Phi) is 5.12. The van der Waals surface area contributed by atoms with E-state index in [9.17, 15) is 18.0 Å². The largest absolute Gasteiger partial charge is 0.417 e. The highest BCUT2D eigenvalue weighted by atomic mass is 35.5. The maximum atomic E-state index is 13.0. The fourth-order valence-corrected chi connectivity index (χ4v) is 3.86. The molecule has 0 aliphatic carbocycles. The van der Waals surface area contributed by atoms with Crippen LogP contribution in [0.4, 0.5) is 19.0 Å². The summed E-state index contributed by atoms with van der Waals surface area (Å²) in [5.74, 6) is 0.233. The van der Waals surface area contributed by atoms with Crippen LogP contribution in [-0.2, 0) is 6.18 Å². The van der Waals surface area contributed by atoms with Crippen LogP contribution in [0.15, 0.2) is 42.7 Å². The third kappa shape index (κ3) is 3.89. The highest BCUT2D eigenvalue weighted by molar-refractivity contribution is 6.33. The number of hydrogen-bond acceptors (Lipinski definition) is 3. The van der Waals surface area contributed by atoms with E-state index in [1.165, 1.54) is 0 Å². The topological polar surface area (TPSA) is 52.2 Å². The van der Waals surface area contributed by atoms with Gasteiger partial charge in [-0.05, 0) is 18.6 Å². The van der Waals surface area contributed by atoms with Crippen LogP contribution in [0, 0.1) is 0 Å². The number of aromatic amines is 1. The summed E-state index contributed by atoms with van der Waals surface area (Å²) in [4.78, 5) is 23.6. The molecule has 0 radical (unpaired) electrons. The second-order valence-corrected chi connectivity index (χ2v) is 7.32. The normalized spacial score (nSPS) is 15.6. The van der Waals surface area contributed by atoms with Gasteiger partial charge in [-0.15, -0.1) is 0 Å². The summed E-state index contributed by atoms with van der Waals surface area (Å²) >= 11 is 6.08. The molecule has 3 heterocycles. The highest BCUT2D eigenvalue weighted by Gasteiger charge is 2.32. The number of H-pyrrole nitrogens is 1. The van der Waals surface area contributed by atoms with Gasteiger partial charge in [-0.3, -0.25) is 4.79 Å². The Morgan fingerprint density at radius 3 is 2.69 bits per heavy atom. The van der Waals surface area contributed by atoms with E-state index in [4.69, 9.17) is 11.6 Å². The van der Waals surface area contributed by atoms with E-state index in [1.807, 2.05) is 29.2 Å². The maximum Gasteiger partial charge on any atom is 0.417 e. The zero-order valence-electron chi connectivity index (χ0n) is 15.3. The minimum atomic E-state index is -4.49. The van der Waals surface area contributed by atoms with Crippen LogP contribution in [-0.4, -0.2) is 47.0 Å². The summed E-state index contributed by atoms with van der Waals surface area (Å²) in [6.45, 7) is 1.96. The molecule has 152 valence electrons. The van der Waals surface area contributed by atoms with Gasteiger partial charge in [0, 0.05) is 49.5 Å². The van der Waals surface area contributed by atoms with Crippen LogP contribution in [0.1, 0.15) is 22.3 Å². The van der Waals surface area contributed by atoms with Gasteiger partial charge in [0.15, 0.2) is 0 Å². The number of amides is 1. The van der Waals surface area contributed by atoms with E-state index in [-0.39, 0.29) is 10.9 Å². The van der Waals surface area contributed by atoms with Gasteiger partial charge < -0.3 is 14.8 Å². The molecule has 1 aliphatic heterocycles. The van der Waals surface area contributed by atoms with E-state index in [2.05, 4.69) is 9.97 Å². The molecule has 5 nitrogen and oxygen atoms in total. The number of carbonyl (C=O) groups excluding carboxylic acids is 1. The number of carbonyl (C=O) groups is 1. The van der Waals surface area contributed by atoms with Crippen molar-refractivity contribution in [3.8, 4) is 0 Å². The monoisotopic (exact) mass is 422 g/mol. The van der Waals surface area contributed by atoms with Gasteiger partial charge in [0.25, 0.3) is 5.91 Å². The molecular weight excluding hydrogens is 405 g/mol. The summed E-state index contributed by atoms with van der Waals surface area (Å²) in [7, 11) is 0. The number of fused-ring (bicyclic) bond motifs is 1. The molecule has 1 fully saturated rings. The van der Waals surface area contributed by atoms with Crippen molar-refractivity contribution in [1.82, 2.24) is 14.9 Å². The van der Waals surface area contributed by atoms with Gasteiger partial charge in [-0.2, -0.15) is 13.2 Å². The highest BCUT2D eigenvalue weighted by Crippen LogP contribution is 2.33. The third-order valence-corrected chi connectivity index (χ3v) is 5.33. The predicted octanol–water partition coefficient (Wildman–Crippen LogP) is 4.59. The molecule has 2 aromatic heterocycles. The average Bonchev–Trinajstić information content (AvgIpc) is 2.96. The second kappa shape index (κ2) is 7.59. The number of nitrogens with one attached hydrogen (secondary N) is 1. The number of para-hydroxylation sites is 1. The van der Waals surface area contributed by atoms with Crippen LogP contribution >= 0.6 is 11.6 Å². The number of hydrogen-bond donors (Lipinski definition) is 1. The predicted molar refractivity (Wildman–Crippen MR) is 105 cm³/mol. The number of nitrogens with zero attached hydrogens (tertiary/aromatic N) is 3. The Bertz CT molecular complexity index is 1050. The number of halogens is 4. The number of pyridine rings is 1. The van der Waals surface area contributed by atoms with Crippen molar-refractivity contribution in [3.63, 3.8) is 0 Å². The minimum absolute atomic E-state index is 0.0452. The van der Waals surface area contributed by atoms with Crippen molar-refractivity contribution in [2.75, 3.05) is 31.1 Å². The van der Waals surface area contributed by atoms with Crippen molar-refractivity contribution < 1.29 is 18.0 Å². The van der Waals surface area contributed by atoms with Crippen LogP contribution in [0.3, 0.4) is 0 Å². The van der Waals surface area contributed by atoms with Gasteiger partial charge in [0.05, 0.1) is 16.1 Å². The minimum Gasteiger partial charge on any atom is -0.360 e. The lowest BCUT2D eigenvalue weighted by molar-refractivity contribution is -0.137. The van der Waals surface area contributed by atoms with Gasteiger partial charge >= 0.3 is 6.18 Å². The Hall–Kier alpha value is -2.74. The molecule has 0 spiro atoms. The summed E-state index contributed by atoms with van der Waals surface area (Å²) in [5.41, 5.74) is 0.630. The maximum absolute atomic E-state index is 13.0. The molecule has 0 bridgehead atoms.